The van der Waals surface area contributed by atoms with Crippen LogP contribution in [-0.2, 0) is 11.8 Å². The Morgan fingerprint density at radius 1 is 1.45 bits per heavy atom. The number of nitrogens with zero attached hydrogens (tertiary/aromatic N) is 3. The molecule has 1 fully saturated rings. The molecule has 0 spiro atoms. The maximum absolute atomic E-state index is 12.0. The van der Waals surface area contributed by atoms with Gasteiger partial charge in [-0.15, -0.1) is 0 Å². The molecule has 1 saturated heterocycles. The summed E-state index contributed by atoms with van der Waals surface area (Å²) in [6.07, 6.45) is 4.41. The van der Waals surface area contributed by atoms with Crippen molar-refractivity contribution in [2.24, 2.45) is 13.0 Å². The second-order valence-corrected chi connectivity index (χ2v) is 5.17. The number of rotatable bonds is 4. The van der Waals surface area contributed by atoms with Crippen molar-refractivity contribution in [3.05, 3.63) is 12.3 Å². The summed E-state index contributed by atoms with van der Waals surface area (Å²) in [4.78, 5) is 24.3. The number of carbonyl (C=O) groups is 2. The fourth-order valence-electron chi connectivity index (χ4n) is 2.42. The van der Waals surface area contributed by atoms with E-state index >= 15 is 0 Å². The lowest BCUT2D eigenvalue weighted by molar-refractivity contribution is -0.137. The van der Waals surface area contributed by atoms with Crippen molar-refractivity contribution in [2.45, 2.75) is 25.7 Å². The van der Waals surface area contributed by atoms with Gasteiger partial charge in [0.15, 0.2) is 5.82 Å². The second-order valence-electron chi connectivity index (χ2n) is 5.17. The Bertz CT molecular complexity index is 478. The molecule has 7 heteroatoms. The summed E-state index contributed by atoms with van der Waals surface area (Å²) in [6, 6.07) is 1.61. The minimum absolute atomic E-state index is 0.139. The molecule has 2 amide bonds. The van der Waals surface area contributed by atoms with Crippen LogP contribution in [0.5, 0.6) is 0 Å². The van der Waals surface area contributed by atoms with E-state index in [1.165, 1.54) is 0 Å². The first-order valence-electron chi connectivity index (χ1n) is 6.82. The number of aromatic nitrogens is 2. The zero-order valence-electron chi connectivity index (χ0n) is 11.6. The summed E-state index contributed by atoms with van der Waals surface area (Å²) in [5.74, 6) is 0.204. The monoisotopic (exact) mass is 280 g/mol. The molecule has 0 unspecified atom stereocenters. The molecule has 1 aromatic heterocycles. The molecular formula is C13H20N4O3. The third kappa shape index (κ3) is 3.97. The Balaban J connectivity index is 1.75. The van der Waals surface area contributed by atoms with Gasteiger partial charge in [-0.3, -0.25) is 14.8 Å². The van der Waals surface area contributed by atoms with Crippen LogP contribution in [0.2, 0.25) is 0 Å². The van der Waals surface area contributed by atoms with Crippen LogP contribution < -0.4 is 5.32 Å². The summed E-state index contributed by atoms with van der Waals surface area (Å²) in [7, 11) is 1.80. The summed E-state index contributed by atoms with van der Waals surface area (Å²) in [5.41, 5.74) is 0. The summed E-state index contributed by atoms with van der Waals surface area (Å²) >= 11 is 0. The number of amides is 2. The van der Waals surface area contributed by atoms with Crippen LogP contribution in [0.3, 0.4) is 0 Å². The highest BCUT2D eigenvalue weighted by molar-refractivity contribution is 5.88. The van der Waals surface area contributed by atoms with Gasteiger partial charge in [0.1, 0.15) is 0 Å². The van der Waals surface area contributed by atoms with Crippen LogP contribution in [0, 0.1) is 5.92 Å². The highest BCUT2D eigenvalue weighted by atomic mass is 16.4. The van der Waals surface area contributed by atoms with Gasteiger partial charge in [0.2, 0.25) is 0 Å². The van der Waals surface area contributed by atoms with Gasteiger partial charge in [0, 0.05) is 38.8 Å². The number of hydrogen-bond donors (Lipinski definition) is 2. The highest BCUT2D eigenvalue weighted by Gasteiger charge is 2.23. The molecule has 0 saturated carbocycles. The molecule has 0 bridgehead atoms. The van der Waals surface area contributed by atoms with E-state index < -0.39 is 5.97 Å². The van der Waals surface area contributed by atoms with E-state index in [4.69, 9.17) is 5.11 Å². The first kappa shape index (κ1) is 14.4. The van der Waals surface area contributed by atoms with Crippen molar-refractivity contribution in [2.75, 3.05) is 18.4 Å². The van der Waals surface area contributed by atoms with Crippen LogP contribution in [0.25, 0.3) is 0 Å². The number of anilines is 1. The lowest BCUT2D eigenvalue weighted by atomic mass is 9.92. The normalized spacial score (nSPS) is 16.1. The van der Waals surface area contributed by atoms with Crippen LogP contribution >= 0.6 is 0 Å². The lowest BCUT2D eigenvalue weighted by Gasteiger charge is -2.31. The number of hydrogen-bond acceptors (Lipinski definition) is 3. The number of carboxylic acids is 1. The number of piperidine rings is 1. The summed E-state index contributed by atoms with van der Waals surface area (Å²) < 4.78 is 1.63. The molecule has 0 atom stereocenters. The van der Waals surface area contributed by atoms with Gasteiger partial charge in [-0.05, 0) is 25.2 Å². The second kappa shape index (κ2) is 6.40. The maximum Gasteiger partial charge on any atom is 0.323 e. The third-order valence-electron chi connectivity index (χ3n) is 3.62. The fourth-order valence-corrected chi connectivity index (χ4v) is 2.42. The molecule has 0 aliphatic carbocycles. The van der Waals surface area contributed by atoms with Crippen LogP contribution in [0.4, 0.5) is 10.6 Å². The molecular weight excluding hydrogens is 260 g/mol. The van der Waals surface area contributed by atoms with Crippen LogP contribution in [-0.4, -0.2) is 44.9 Å². The Labute approximate surface area is 117 Å². The first-order valence-corrected chi connectivity index (χ1v) is 6.82. The predicted molar refractivity (Wildman–Crippen MR) is 73.4 cm³/mol. The van der Waals surface area contributed by atoms with E-state index in [-0.39, 0.29) is 12.5 Å². The zero-order valence-corrected chi connectivity index (χ0v) is 11.6. The summed E-state index contributed by atoms with van der Waals surface area (Å²) in [5, 5.41) is 15.5. The minimum Gasteiger partial charge on any atom is -0.481 e. The van der Waals surface area contributed by atoms with Gasteiger partial charge in [-0.2, -0.15) is 5.10 Å². The van der Waals surface area contributed by atoms with E-state index in [1.54, 1.807) is 28.9 Å². The number of carbonyl (C=O) groups excluding carboxylic acids is 1. The van der Waals surface area contributed by atoms with Gasteiger partial charge in [-0.1, -0.05) is 0 Å². The number of aliphatic carboxylic acids is 1. The third-order valence-corrected chi connectivity index (χ3v) is 3.62. The number of urea groups is 1. The van der Waals surface area contributed by atoms with Crippen molar-refractivity contribution >= 4 is 17.8 Å². The van der Waals surface area contributed by atoms with E-state index in [0.717, 1.165) is 12.8 Å². The van der Waals surface area contributed by atoms with E-state index in [9.17, 15) is 9.59 Å². The highest BCUT2D eigenvalue weighted by Crippen LogP contribution is 2.22. The standard InChI is InChI=1S/C13H20N4O3/c1-16-7-6-11(15-16)14-13(20)17-8-4-10(5-9-17)2-3-12(18)19/h6-7,10H,2-5,8-9H2,1H3,(H,18,19)(H,14,15,20). The van der Waals surface area contributed by atoms with Crippen molar-refractivity contribution < 1.29 is 14.7 Å². The van der Waals surface area contributed by atoms with Crippen molar-refractivity contribution in [3.8, 4) is 0 Å². The topological polar surface area (TPSA) is 87.5 Å². The van der Waals surface area contributed by atoms with Gasteiger partial charge < -0.3 is 10.0 Å². The fraction of sp³-hybridized carbons (Fsp3) is 0.615. The van der Waals surface area contributed by atoms with Crippen LogP contribution in [0.1, 0.15) is 25.7 Å². The number of nitrogens with one attached hydrogen (secondary N) is 1. The molecule has 110 valence electrons. The Morgan fingerprint density at radius 2 is 2.15 bits per heavy atom. The van der Waals surface area contributed by atoms with E-state index in [1.807, 2.05) is 0 Å². The van der Waals surface area contributed by atoms with Crippen molar-refractivity contribution in [1.29, 1.82) is 0 Å². The Hall–Kier alpha value is -2.05. The molecule has 20 heavy (non-hydrogen) atoms. The molecule has 1 aliphatic heterocycles. The Kier molecular flexibility index (Phi) is 4.60. The lowest BCUT2D eigenvalue weighted by Crippen LogP contribution is -2.41. The van der Waals surface area contributed by atoms with Gasteiger partial charge in [-0.25, -0.2) is 4.79 Å². The molecule has 1 aromatic rings. The molecule has 0 radical (unpaired) electrons. The Morgan fingerprint density at radius 3 is 2.70 bits per heavy atom. The molecule has 1 aliphatic rings. The van der Waals surface area contributed by atoms with Crippen molar-refractivity contribution in [3.63, 3.8) is 0 Å². The maximum atomic E-state index is 12.0. The molecule has 2 N–H and O–H groups in total. The largest absolute Gasteiger partial charge is 0.481 e. The molecule has 2 rings (SSSR count). The minimum atomic E-state index is -0.750. The predicted octanol–water partition coefficient (Wildman–Crippen LogP) is 1.53. The smallest absolute Gasteiger partial charge is 0.323 e. The first-order chi connectivity index (χ1) is 9.54. The number of carboxylic acid groups (broad SMARTS) is 1. The average molecular weight is 280 g/mol. The quantitative estimate of drug-likeness (QED) is 0.875. The van der Waals surface area contributed by atoms with Crippen molar-refractivity contribution in [1.82, 2.24) is 14.7 Å². The van der Waals surface area contributed by atoms with Gasteiger partial charge >= 0.3 is 12.0 Å². The van der Waals surface area contributed by atoms with E-state index in [2.05, 4.69) is 10.4 Å². The molecule has 2 heterocycles. The summed E-state index contributed by atoms with van der Waals surface area (Å²) in [6.45, 7) is 1.34. The molecule has 0 aromatic carbocycles. The van der Waals surface area contributed by atoms with Gasteiger partial charge in [0.25, 0.3) is 0 Å². The number of aryl methyl sites for hydroxylation is 1. The zero-order chi connectivity index (χ0) is 14.5. The molecule has 7 nitrogen and oxygen atoms in total. The van der Waals surface area contributed by atoms with Gasteiger partial charge in [0.05, 0.1) is 0 Å². The van der Waals surface area contributed by atoms with Crippen LogP contribution in [0.15, 0.2) is 12.3 Å². The van der Waals surface area contributed by atoms with E-state index in [0.29, 0.717) is 31.2 Å². The SMILES string of the molecule is Cn1ccc(NC(=O)N2CCC(CCC(=O)O)CC2)n1. The number of likely N-dealkylation sites (tertiary alicyclic amines) is 1. The average Bonchev–Trinajstić information content (AvgIpc) is 2.82.